The van der Waals surface area contributed by atoms with E-state index in [-0.39, 0.29) is 11.7 Å². The fourth-order valence-corrected chi connectivity index (χ4v) is 2.58. The minimum atomic E-state index is -0.386. The number of hydrazone groups is 1. The van der Waals surface area contributed by atoms with Gasteiger partial charge in [-0.2, -0.15) is 5.10 Å². The highest BCUT2D eigenvalue weighted by molar-refractivity contribution is 9.10. The molecule has 0 unspecified atom stereocenters. The Kier molecular flexibility index (Phi) is 4.66. The minimum absolute atomic E-state index is 0.225. The number of furan rings is 1. The van der Waals surface area contributed by atoms with Gasteiger partial charge in [-0.15, -0.1) is 0 Å². The number of hydrogen-bond donors (Lipinski definition) is 1. The van der Waals surface area contributed by atoms with Crippen LogP contribution in [-0.4, -0.2) is 26.2 Å². The summed E-state index contributed by atoms with van der Waals surface area (Å²) in [6.45, 7) is 0. The lowest BCUT2D eigenvalue weighted by Gasteiger charge is -2.11. The number of nitrogens with zero attached hydrogens (tertiary/aromatic N) is 2. The first-order chi connectivity index (χ1) is 11.5. The Labute approximate surface area is 148 Å². The van der Waals surface area contributed by atoms with Gasteiger partial charge in [0.15, 0.2) is 5.76 Å². The van der Waals surface area contributed by atoms with Gasteiger partial charge in [-0.3, -0.25) is 4.79 Å². The molecule has 1 aromatic heterocycles. The van der Waals surface area contributed by atoms with Gasteiger partial charge in [0.1, 0.15) is 5.58 Å². The number of amides is 1. The molecule has 0 aliphatic heterocycles. The number of halogens is 1. The molecule has 2 aromatic carbocycles. The second kappa shape index (κ2) is 6.88. The number of benzene rings is 2. The van der Waals surface area contributed by atoms with Gasteiger partial charge in [0.2, 0.25) is 0 Å². The van der Waals surface area contributed by atoms with E-state index in [0.29, 0.717) is 5.58 Å². The maximum atomic E-state index is 12.1. The van der Waals surface area contributed by atoms with Crippen LogP contribution in [-0.2, 0) is 0 Å². The van der Waals surface area contributed by atoms with Crippen LogP contribution < -0.4 is 10.3 Å². The molecule has 0 saturated carbocycles. The van der Waals surface area contributed by atoms with E-state index in [1.54, 1.807) is 12.3 Å². The standard InChI is InChI=1S/C18H16BrN3O2/c1-22(2)15-6-3-12(4-7-15)11-20-21-18(23)17-10-13-9-14(19)5-8-16(13)24-17/h3-11H,1-2H3,(H,21,23)/b20-11+. The van der Waals surface area contributed by atoms with Crippen molar-refractivity contribution >= 4 is 44.7 Å². The summed E-state index contributed by atoms with van der Waals surface area (Å²) in [6, 6.07) is 15.1. The molecule has 5 nitrogen and oxygen atoms in total. The number of fused-ring (bicyclic) bond motifs is 1. The summed E-state index contributed by atoms with van der Waals surface area (Å²) in [7, 11) is 3.96. The molecular formula is C18H16BrN3O2. The van der Waals surface area contributed by atoms with Crippen molar-refractivity contribution in [1.29, 1.82) is 0 Å². The van der Waals surface area contributed by atoms with Crippen molar-refractivity contribution in [3.63, 3.8) is 0 Å². The van der Waals surface area contributed by atoms with Gasteiger partial charge in [-0.25, -0.2) is 5.43 Å². The van der Waals surface area contributed by atoms with E-state index in [0.717, 1.165) is 21.1 Å². The topological polar surface area (TPSA) is 57.8 Å². The van der Waals surface area contributed by atoms with Gasteiger partial charge in [0.25, 0.3) is 0 Å². The zero-order chi connectivity index (χ0) is 17.1. The van der Waals surface area contributed by atoms with Crippen LogP contribution >= 0.6 is 15.9 Å². The molecule has 0 aliphatic carbocycles. The van der Waals surface area contributed by atoms with E-state index < -0.39 is 0 Å². The summed E-state index contributed by atoms with van der Waals surface area (Å²) in [6.07, 6.45) is 1.59. The summed E-state index contributed by atoms with van der Waals surface area (Å²) in [5.41, 5.74) is 5.13. The SMILES string of the molecule is CN(C)c1ccc(/C=N/NC(=O)c2cc3cc(Br)ccc3o2)cc1. The third-order valence-corrected chi connectivity index (χ3v) is 3.98. The molecule has 0 fully saturated rings. The quantitative estimate of drug-likeness (QED) is 0.544. The molecule has 1 N–H and O–H groups in total. The second-order valence-corrected chi connectivity index (χ2v) is 6.39. The average molecular weight is 386 g/mol. The van der Waals surface area contributed by atoms with Gasteiger partial charge in [-0.1, -0.05) is 28.1 Å². The van der Waals surface area contributed by atoms with Crippen LogP contribution in [0.5, 0.6) is 0 Å². The van der Waals surface area contributed by atoms with Crippen molar-refractivity contribution in [1.82, 2.24) is 5.43 Å². The molecule has 3 aromatic rings. The van der Waals surface area contributed by atoms with Crippen LogP contribution in [0.2, 0.25) is 0 Å². The lowest BCUT2D eigenvalue weighted by molar-refractivity contribution is 0.0929. The van der Waals surface area contributed by atoms with Gasteiger partial charge in [0, 0.05) is 29.6 Å². The van der Waals surface area contributed by atoms with Crippen LogP contribution in [0.4, 0.5) is 5.69 Å². The molecule has 0 aliphatic rings. The van der Waals surface area contributed by atoms with Crippen LogP contribution in [0, 0.1) is 0 Å². The summed E-state index contributed by atoms with van der Waals surface area (Å²) < 4.78 is 6.45. The van der Waals surface area contributed by atoms with E-state index in [9.17, 15) is 4.79 Å². The van der Waals surface area contributed by atoms with E-state index in [4.69, 9.17) is 4.42 Å². The van der Waals surface area contributed by atoms with Gasteiger partial charge >= 0.3 is 5.91 Å². The van der Waals surface area contributed by atoms with Gasteiger partial charge in [0.05, 0.1) is 6.21 Å². The molecule has 122 valence electrons. The lowest BCUT2D eigenvalue weighted by Crippen LogP contribution is -2.16. The largest absolute Gasteiger partial charge is 0.451 e. The fraction of sp³-hybridized carbons (Fsp3) is 0.111. The molecule has 24 heavy (non-hydrogen) atoms. The van der Waals surface area contributed by atoms with Crippen molar-refractivity contribution < 1.29 is 9.21 Å². The highest BCUT2D eigenvalue weighted by Gasteiger charge is 2.11. The molecule has 0 saturated heterocycles. The molecule has 3 rings (SSSR count). The summed E-state index contributed by atoms with van der Waals surface area (Å²) in [5.74, 6) is -0.160. The molecule has 0 atom stereocenters. The number of carbonyl (C=O) groups excluding carboxylic acids is 1. The normalized spacial score (nSPS) is 11.1. The summed E-state index contributed by atoms with van der Waals surface area (Å²) in [4.78, 5) is 14.1. The Balaban J connectivity index is 1.67. The number of anilines is 1. The van der Waals surface area contributed by atoms with Crippen LogP contribution in [0.15, 0.2) is 62.5 Å². The Morgan fingerprint density at radius 2 is 1.92 bits per heavy atom. The highest BCUT2D eigenvalue weighted by atomic mass is 79.9. The highest BCUT2D eigenvalue weighted by Crippen LogP contribution is 2.23. The number of hydrogen-bond acceptors (Lipinski definition) is 4. The summed E-state index contributed by atoms with van der Waals surface area (Å²) >= 11 is 3.39. The Morgan fingerprint density at radius 3 is 2.62 bits per heavy atom. The van der Waals surface area contributed by atoms with Crippen molar-refractivity contribution in [2.75, 3.05) is 19.0 Å². The predicted molar refractivity (Wildman–Crippen MR) is 99.7 cm³/mol. The first-order valence-electron chi connectivity index (χ1n) is 7.33. The lowest BCUT2D eigenvalue weighted by atomic mass is 10.2. The third-order valence-electron chi connectivity index (χ3n) is 3.49. The van der Waals surface area contributed by atoms with Gasteiger partial charge in [-0.05, 0) is 42.0 Å². The van der Waals surface area contributed by atoms with E-state index in [2.05, 4.69) is 26.5 Å². The van der Waals surface area contributed by atoms with Crippen molar-refractivity contribution in [2.24, 2.45) is 5.10 Å². The maximum Gasteiger partial charge on any atom is 0.307 e. The number of nitrogens with one attached hydrogen (secondary N) is 1. The van der Waals surface area contributed by atoms with Crippen LogP contribution in [0.3, 0.4) is 0 Å². The zero-order valence-electron chi connectivity index (χ0n) is 13.3. The van der Waals surface area contributed by atoms with E-state index in [1.807, 2.05) is 61.5 Å². The second-order valence-electron chi connectivity index (χ2n) is 5.48. The van der Waals surface area contributed by atoms with Crippen LogP contribution in [0.1, 0.15) is 16.1 Å². The Morgan fingerprint density at radius 1 is 1.17 bits per heavy atom. The van der Waals surface area contributed by atoms with Gasteiger partial charge < -0.3 is 9.32 Å². The molecule has 0 spiro atoms. The minimum Gasteiger partial charge on any atom is -0.451 e. The number of carbonyl (C=O) groups is 1. The average Bonchev–Trinajstić information content (AvgIpc) is 2.98. The van der Waals surface area contributed by atoms with E-state index in [1.165, 1.54) is 0 Å². The first kappa shape index (κ1) is 16.3. The Bertz CT molecular complexity index is 898. The monoisotopic (exact) mass is 385 g/mol. The molecule has 0 radical (unpaired) electrons. The fourth-order valence-electron chi connectivity index (χ4n) is 2.21. The van der Waals surface area contributed by atoms with Crippen molar-refractivity contribution in [2.45, 2.75) is 0 Å². The van der Waals surface area contributed by atoms with Crippen LogP contribution in [0.25, 0.3) is 11.0 Å². The van der Waals surface area contributed by atoms with Crippen molar-refractivity contribution in [3.05, 3.63) is 64.3 Å². The third kappa shape index (κ3) is 3.65. The molecule has 6 heteroatoms. The molecular weight excluding hydrogens is 370 g/mol. The van der Waals surface area contributed by atoms with Crippen molar-refractivity contribution in [3.8, 4) is 0 Å². The first-order valence-corrected chi connectivity index (χ1v) is 8.12. The molecule has 1 heterocycles. The molecule has 0 bridgehead atoms. The maximum absolute atomic E-state index is 12.1. The smallest absolute Gasteiger partial charge is 0.307 e. The summed E-state index contributed by atoms with van der Waals surface area (Å²) in [5, 5.41) is 4.83. The number of rotatable bonds is 4. The predicted octanol–water partition coefficient (Wildman–Crippen LogP) is 4.03. The molecule has 1 amide bonds. The Hall–Kier alpha value is -2.60. The zero-order valence-corrected chi connectivity index (χ0v) is 14.9. The van der Waals surface area contributed by atoms with E-state index >= 15 is 0 Å².